The highest BCUT2D eigenvalue weighted by atomic mass is 32.1. The Morgan fingerprint density at radius 3 is 2.97 bits per heavy atom. The molecule has 5 rings (SSSR count). The van der Waals surface area contributed by atoms with Gasteiger partial charge >= 0.3 is 0 Å². The molecule has 9 heteroatoms. The van der Waals surface area contributed by atoms with Gasteiger partial charge in [0.2, 0.25) is 0 Å². The molecule has 0 amide bonds. The summed E-state index contributed by atoms with van der Waals surface area (Å²) in [5, 5.41) is 15.8. The quantitative estimate of drug-likeness (QED) is 0.388. The maximum absolute atomic E-state index is 13.0. The lowest BCUT2D eigenvalue weighted by atomic mass is 10.1. The molecule has 0 unspecified atom stereocenters. The van der Waals surface area contributed by atoms with Crippen LogP contribution in [-0.4, -0.2) is 42.8 Å². The molecular weight excluding hydrogens is 448 g/mol. The molecular formula is C25H30N6O2S. The van der Waals surface area contributed by atoms with Crippen molar-refractivity contribution in [3.8, 4) is 0 Å². The Labute approximate surface area is 202 Å². The summed E-state index contributed by atoms with van der Waals surface area (Å²) in [7, 11) is 0. The van der Waals surface area contributed by atoms with Gasteiger partial charge in [0.25, 0.3) is 5.56 Å². The average Bonchev–Trinajstić information content (AvgIpc) is 3.60. The van der Waals surface area contributed by atoms with Crippen LogP contribution < -0.4 is 5.56 Å². The van der Waals surface area contributed by atoms with Gasteiger partial charge in [-0.05, 0) is 71.6 Å². The summed E-state index contributed by atoms with van der Waals surface area (Å²) in [6, 6.07) is 12.3. The van der Waals surface area contributed by atoms with Crippen LogP contribution in [0.25, 0.3) is 10.9 Å². The maximum atomic E-state index is 13.0. The van der Waals surface area contributed by atoms with E-state index >= 15 is 0 Å². The van der Waals surface area contributed by atoms with Crippen molar-refractivity contribution < 1.29 is 4.74 Å². The predicted octanol–water partition coefficient (Wildman–Crippen LogP) is 4.22. The van der Waals surface area contributed by atoms with Crippen LogP contribution in [-0.2, 0) is 24.4 Å². The maximum Gasteiger partial charge on any atom is 0.252 e. The molecule has 0 saturated carbocycles. The van der Waals surface area contributed by atoms with E-state index in [1.807, 2.05) is 22.9 Å². The second kappa shape index (κ2) is 10.2. The third kappa shape index (κ3) is 4.96. The minimum atomic E-state index is -0.0543. The number of thiophene rings is 1. The van der Waals surface area contributed by atoms with Crippen molar-refractivity contribution in [3.63, 3.8) is 0 Å². The van der Waals surface area contributed by atoms with Crippen LogP contribution in [0.5, 0.6) is 0 Å². The summed E-state index contributed by atoms with van der Waals surface area (Å²) in [4.78, 5) is 19.6. The number of aromatic amines is 1. The van der Waals surface area contributed by atoms with E-state index in [0.717, 1.165) is 48.2 Å². The molecule has 1 aliphatic rings. The first-order chi connectivity index (χ1) is 16.6. The van der Waals surface area contributed by atoms with E-state index in [1.165, 1.54) is 10.4 Å². The lowest BCUT2D eigenvalue weighted by molar-refractivity contribution is 0.0889. The van der Waals surface area contributed by atoms with Gasteiger partial charge in [-0.15, -0.1) is 16.4 Å². The molecule has 0 aliphatic carbocycles. The van der Waals surface area contributed by atoms with E-state index in [-0.39, 0.29) is 17.7 Å². The number of aromatic nitrogens is 5. The Morgan fingerprint density at radius 2 is 2.21 bits per heavy atom. The molecule has 8 nitrogen and oxygen atoms in total. The first-order valence-corrected chi connectivity index (χ1v) is 12.8. The number of H-pyrrole nitrogens is 1. The number of benzene rings is 1. The molecule has 4 heterocycles. The average molecular weight is 479 g/mol. The van der Waals surface area contributed by atoms with Gasteiger partial charge < -0.3 is 9.72 Å². The number of tetrazole rings is 1. The highest BCUT2D eigenvalue weighted by Gasteiger charge is 2.28. The molecule has 1 N–H and O–H groups in total. The Morgan fingerprint density at radius 1 is 1.29 bits per heavy atom. The Balaban J connectivity index is 1.48. The second-order valence-corrected chi connectivity index (χ2v) is 10.0. The van der Waals surface area contributed by atoms with Crippen molar-refractivity contribution in [1.29, 1.82) is 0 Å². The summed E-state index contributed by atoms with van der Waals surface area (Å²) in [5.74, 6) is 0.822. The molecule has 2 atom stereocenters. The Bertz CT molecular complexity index is 1290. The SMILES string of the molecule is CC[C@H](c1nnnn1C[C@@H]1CCCO1)N(Cc1cccs1)Cc1cc2cc(C)ccc2[nH]c1=O. The second-order valence-electron chi connectivity index (χ2n) is 8.98. The smallest absolute Gasteiger partial charge is 0.252 e. The van der Waals surface area contributed by atoms with Gasteiger partial charge in [-0.2, -0.15) is 0 Å². The zero-order valence-corrected chi connectivity index (χ0v) is 20.4. The summed E-state index contributed by atoms with van der Waals surface area (Å²) in [6.07, 6.45) is 3.08. The van der Waals surface area contributed by atoms with Crippen LogP contribution in [0.2, 0.25) is 0 Å². The molecule has 4 aromatic rings. The molecule has 0 bridgehead atoms. The number of nitrogens with one attached hydrogen (secondary N) is 1. The summed E-state index contributed by atoms with van der Waals surface area (Å²) in [6.45, 7) is 6.88. The number of nitrogens with zero attached hydrogens (tertiary/aromatic N) is 5. The fourth-order valence-corrected chi connectivity index (χ4v) is 5.48. The largest absolute Gasteiger partial charge is 0.376 e. The molecule has 34 heavy (non-hydrogen) atoms. The van der Waals surface area contributed by atoms with Crippen molar-refractivity contribution >= 4 is 22.2 Å². The van der Waals surface area contributed by atoms with Gasteiger partial charge in [0.05, 0.1) is 18.7 Å². The zero-order valence-electron chi connectivity index (χ0n) is 19.6. The van der Waals surface area contributed by atoms with Crippen LogP contribution in [0.15, 0.2) is 46.6 Å². The van der Waals surface area contributed by atoms with Crippen molar-refractivity contribution in [2.24, 2.45) is 0 Å². The standard InChI is InChI=1S/C25H30N6O2S/c1-3-23(24-27-28-29-31(24)15-20-6-4-10-33-20)30(16-21-7-5-11-34-21)14-19-13-18-12-17(2)8-9-22(18)26-25(19)32/h5,7-9,11-13,20,23H,3-4,6,10,14-16H2,1-2H3,(H,26,32)/t20-,23+/m0/s1. The van der Waals surface area contributed by atoms with E-state index in [2.05, 4.69) is 62.8 Å². The Hall–Kier alpha value is -2.88. The molecule has 3 aromatic heterocycles. The van der Waals surface area contributed by atoms with Crippen LogP contribution in [0, 0.1) is 6.92 Å². The monoisotopic (exact) mass is 478 g/mol. The van der Waals surface area contributed by atoms with Crippen molar-refractivity contribution in [2.45, 2.75) is 64.9 Å². The van der Waals surface area contributed by atoms with Crippen LogP contribution >= 0.6 is 11.3 Å². The van der Waals surface area contributed by atoms with Gasteiger partial charge in [-0.25, -0.2) is 4.68 Å². The number of hydrogen-bond acceptors (Lipinski definition) is 7. The van der Waals surface area contributed by atoms with Crippen LogP contribution in [0.4, 0.5) is 0 Å². The summed E-state index contributed by atoms with van der Waals surface area (Å²) < 4.78 is 7.72. The van der Waals surface area contributed by atoms with Crippen LogP contribution in [0.1, 0.15) is 54.1 Å². The van der Waals surface area contributed by atoms with Gasteiger partial charge in [0, 0.05) is 35.7 Å². The first-order valence-electron chi connectivity index (χ1n) is 11.9. The zero-order chi connectivity index (χ0) is 23.5. The fourth-order valence-electron chi connectivity index (χ4n) is 4.75. The van der Waals surface area contributed by atoms with Crippen molar-refractivity contribution in [2.75, 3.05) is 6.61 Å². The normalized spacial score (nSPS) is 17.1. The molecule has 0 spiro atoms. The first kappa shape index (κ1) is 22.9. The highest BCUT2D eigenvalue weighted by molar-refractivity contribution is 7.09. The molecule has 0 radical (unpaired) electrons. The number of pyridine rings is 1. The molecule has 1 fully saturated rings. The minimum absolute atomic E-state index is 0.0360. The van der Waals surface area contributed by atoms with Gasteiger partial charge in [0.1, 0.15) is 0 Å². The van der Waals surface area contributed by atoms with Gasteiger partial charge in [0.15, 0.2) is 5.82 Å². The van der Waals surface area contributed by atoms with E-state index < -0.39 is 0 Å². The topological polar surface area (TPSA) is 88.9 Å². The molecule has 1 aromatic carbocycles. The summed E-state index contributed by atoms with van der Waals surface area (Å²) >= 11 is 1.72. The molecule has 1 aliphatic heterocycles. The lowest BCUT2D eigenvalue weighted by Gasteiger charge is -2.30. The van der Waals surface area contributed by atoms with Gasteiger partial charge in [-0.1, -0.05) is 24.6 Å². The van der Waals surface area contributed by atoms with Gasteiger partial charge in [-0.3, -0.25) is 9.69 Å². The minimum Gasteiger partial charge on any atom is -0.376 e. The van der Waals surface area contributed by atoms with Crippen molar-refractivity contribution in [1.82, 2.24) is 30.1 Å². The molecule has 178 valence electrons. The van der Waals surface area contributed by atoms with E-state index in [4.69, 9.17) is 4.74 Å². The Kier molecular flexibility index (Phi) is 6.85. The number of aryl methyl sites for hydroxylation is 1. The van der Waals surface area contributed by atoms with Crippen molar-refractivity contribution in [3.05, 3.63) is 74.0 Å². The van der Waals surface area contributed by atoms with E-state index in [1.54, 1.807) is 11.3 Å². The number of hydrogen-bond donors (Lipinski definition) is 1. The highest BCUT2D eigenvalue weighted by Crippen LogP contribution is 2.28. The van der Waals surface area contributed by atoms with Crippen LogP contribution in [0.3, 0.4) is 0 Å². The van der Waals surface area contributed by atoms with E-state index in [0.29, 0.717) is 19.6 Å². The fraction of sp³-hybridized carbons (Fsp3) is 0.440. The number of rotatable bonds is 9. The summed E-state index contributed by atoms with van der Waals surface area (Å²) in [5.41, 5.74) is 2.71. The predicted molar refractivity (Wildman–Crippen MR) is 133 cm³/mol. The van der Waals surface area contributed by atoms with E-state index in [9.17, 15) is 4.79 Å². The number of fused-ring (bicyclic) bond motifs is 1. The molecule has 1 saturated heterocycles. The third-order valence-electron chi connectivity index (χ3n) is 6.47. The number of ether oxygens (including phenoxy) is 1. The lowest BCUT2D eigenvalue weighted by Crippen LogP contribution is -2.33. The third-order valence-corrected chi connectivity index (χ3v) is 7.34.